The zero-order chi connectivity index (χ0) is 15.3. The van der Waals surface area contributed by atoms with Gasteiger partial charge in [-0.15, -0.1) is 23.2 Å². The van der Waals surface area contributed by atoms with Gasteiger partial charge in [-0.3, -0.25) is 0 Å². The Kier molecular flexibility index (Phi) is 6.09. The molecular weight excluding hydrogens is 374 g/mol. The van der Waals surface area contributed by atoms with Crippen molar-refractivity contribution in [3.8, 4) is 0 Å². The summed E-state index contributed by atoms with van der Waals surface area (Å²) in [6, 6.07) is 15.0. The molecule has 0 saturated heterocycles. The fraction of sp³-hybridized carbons (Fsp3) is 0.294. The number of rotatable bonds is 6. The average Bonchev–Trinajstić information content (AvgIpc) is 2.46. The van der Waals surface area contributed by atoms with Crippen LogP contribution in [0, 0.1) is 11.2 Å². The van der Waals surface area contributed by atoms with Crippen molar-refractivity contribution >= 4 is 39.1 Å². The second-order valence-electron chi connectivity index (χ2n) is 5.38. The molecule has 0 nitrogen and oxygen atoms in total. The summed E-state index contributed by atoms with van der Waals surface area (Å²) < 4.78 is 14.3. The average molecular weight is 390 g/mol. The molecule has 2 aromatic rings. The van der Waals surface area contributed by atoms with Crippen molar-refractivity contribution in [2.45, 2.75) is 12.8 Å². The Hall–Kier alpha value is -0.570. The molecule has 0 aliphatic heterocycles. The molecule has 2 rings (SSSR count). The maximum absolute atomic E-state index is 13.5. The maximum Gasteiger partial charge on any atom is 0.124 e. The highest BCUT2D eigenvalue weighted by Crippen LogP contribution is 2.32. The van der Waals surface area contributed by atoms with Crippen LogP contribution in [0.1, 0.15) is 11.1 Å². The molecule has 0 fully saturated rings. The summed E-state index contributed by atoms with van der Waals surface area (Å²) in [5, 5.41) is 0. The van der Waals surface area contributed by atoms with Gasteiger partial charge in [0.1, 0.15) is 5.82 Å². The fourth-order valence-corrected chi connectivity index (χ4v) is 3.64. The molecule has 2 aromatic carbocycles. The number of halogens is 4. The molecule has 0 atom stereocenters. The van der Waals surface area contributed by atoms with Crippen LogP contribution in [0.15, 0.2) is 53.0 Å². The number of hydrogen-bond donors (Lipinski definition) is 0. The zero-order valence-corrected chi connectivity index (χ0v) is 14.6. The highest BCUT2D eigenvalue weighted by molar-refractivity contribution is 9.10. The van der Waals surface area contributed by atoms with Gasteiger partial charge in [0.2, 0.25) is 0 Å². The minimum atomic E-state index is -0.280. The van der Waals surface area contributed by atoms with Crippen molar-refractivity contribution in [3.63, 3.8) is 0 Å². The first-order chi connectivity index (χ1) is 10.1. The molecule has 0 spiro atoms. The molecule has 0 N–H and O–H groups in total. The van der Waals surface area contributed by atoms with Gasteiger partial charge in [0.25, 0.3) is 0 Å². The third-order valence-electron chi connectivity index (χ3n) is 3.49. The summed E-state index contributed by atoms with van der Waals surface area (Å²) in [6.45, 7) is 0. The lowest BCUT2D eigenvalue weighted by atomic mass is 9.80. The number of alkyl halides is 2. The summed E-state index contributed by atoms with van der Waals surface area (Å²) >= 11 is 15.8. The first-order valence-corrected chi connectivity index (χ1v) is 8.54. The van der Waals surface area contributed by atoms with Crippen molar-refractivity contribution in [2.24, 2.45) is 5.41 Å². The lowest BCUT2D eigenvalue weighted by Crippen LogP contribution is -2.31. The number of benzene rings is 2. The molecule has 0 amide bonds. The van der Waals surface area contributed by atoms with Crippen LogP contribution in [0.4, 0.5) is 4.39 Å². The van der Waals surface area contributed by atoms with Crippen molar-refractivity contribution in [1.82, 2.24) is 0 Å². The molecule has 0 heterocycles. The molecular formula is C17H16BrCl2F. The van der Waals surface area contributed by atoms with Crippen LogP contribution < -0.4 is 0 Å². The largest absolute Gasteiger partial charge is 0.207 e. The minimum absolute atomic E-state index is 0.253. The van der Waals surface area contributed by atoms with E-state index in [-0.39, 0.29) is 11.2 Å². The summed E-state index contributed by atoms with van der Waals surface area (Å²) in [4.78, 5) is 0. The third kappa shape index (κ3) is 4.70. The van der Waals surface area contributed by atoms with E-state index in [2.05, 4.69) is 28.1 Å². The molecule has 0 saturated carbocycles. The standard InChI is InChI=1S/C17H16BrCl2F/c18-15-6-14(7-16(21)8-15)10-17(11-19,12-20)9-13-4-2-1-3-5-13/h1-8H,9-12H2. The molecule has 0 radical (unpaired) electrons. The highest BCUT2D eigenvalue weighted by Gasteiger charge is 2.29. The molecule has 0 aliphatic carbocycles. The van der Waals surface area contributed by atoms with E-state index in [9.17, 15) is 4.39 Å². The van der Waals surface area contributed by atoms with E-state index in [1.165, 1.54) is 11.6 Å². The van der Waals surface area contributed by atoms with Crippen LogP contribution in [0.25, 0.3) is 0 Å². The van der Waals surface area contributed by atoms with Crippen LogP contribution in [-0.2, 0) is 12.8 Å². The van der Waals surface area contributed by atoms with Crippen molar-refractivity contribution < 1.29 is 4.39 Å². The van der Waals surface area contributed by atoms with Gasteiger partial charge in [0.05, 0.1) is 0 Å². The monoisotopic (exact) mass is 388 g/mol. The first kappa shape index (κ1) is 16.8. The lowest BCUT2D eigenvalue weighted by Gasteiger charge is -2.30. The van der Waals surface area contributed by atoms with Crippen LogP contribution in [0.2, 0.25) is 0 Å². The predicted molar refractivity (Wildman–Crippen MR) is 91.8 cm³/mol. The van der Waals surface area contributed by atoms with E-state index in [1.807, 2.05) is 24.3 Å². The van der Waals surface area contributed by atoms with Crippen molar-refractivity contribution in [2.75, 3.05) is 11.8 Å². The van der Waals surface area contributed by atoms with Gasteiger partial charge in [-0.25, -0.2) is 4.39 Å². The topological polar surface area (TPSA) is 0 Å². The third-order valence-corrected chi connectivity index (χ3v) is 5.08. The van der Waals surface area contributed by atoms with Gasteiger partial charge < -0.3 is 0 Å². The Morgan fingerprint density at radius 3 is 2.10 bits per heavy atom. The van der Waals surface area contributed by atoms with Gasteiger partial charge in [-0.05, 0) is 42.2 Å². The second-order valence-corrected chi connectivity index (χ2v) is 6.83. The number of hydrogen-bond acceptors (Lipinski definition) is 0. The van der Waals surface area contributed by atoms with Crippen LogP contribution >= 0.6 is 39.1 Å². The summed E-state index contributed by atoms with van der Waals surface area (Å²) in [5.74, 6) is 0.608. The van der Waals surface area contributed by atoms with E-state index >= 15 is 0 Å². The van der Waals surface area contributed by atoms with Crippen LogP contribution in [0.3, 0.4) is 0 Å². The molecule has 0 unspecified atom stereocenters. The summed E-state index contributed by atoms with van der Waals surface area (Å²) in [7, 11) is 0. The maximum atomic E-state index is 13.5. The Labute approximate surface area is 143 Å². The smallest absolute Gasteiger partial charge is 0.124 e. The zero-order valence-electron chi connectivity index (χ0n) is 11.5. The van der Waals surface area contributed by atoms with Crippen molar-refractivity contribution in [1.29, 1.82) is 0 Å². The minimum Gasteiger partial charge on any atom is -0.207 e. The normalized spacial score (nSPS) is 11.6. The molecule has 0 aromatic heterocycles. The Morgan fingerprint density at radius 2 is 1.52 bits per heavy atom. The van der Waals surface area contributed by atoms with E-state index in [0.717, 1.165) is 16.5 Å². The van der Waals surface area contributed by atoms with Crippen LogP contribution in [-0.4, -0.2) is 11.8 Å². The fourth-order valence-electron chi connectivity index (χ4n) is 2.46. The van der Waals surface area contributed by atoms with Gasteiger partial charge in [0, 0.05) is 21.6 Å². The molecule has 112 valence electrons. The van der Waals surface area contributed by atoms with Gasteiger partial charge >= 0.3 is 0 Å². The summed E-state index contributed by atoms with van der Waals surface area (Å²) in [5.41, 5.74) is 1.81. The highest BCUT2D eigenvalue weighted by atomic mass is 79.9. The van der Waals surface area contributed by atoms with Gasteiger partial charge in [0.15, 0.2) is 0 Å². The first-order valence-electron chi connectivity index (χ1n) is 6.68. The van der Waals surface area contributed by atoms with E-state index in [0.29, 0.717) is 18.2 Å². The SMILES string of the molecule is Fc1cc(Br)cc(CC(CCl)(CCl)Cc2ccccc2)c1. The summed E-state index contributed by atoms with van der Waals surface area (Å²) in [6.07, 6.45) is 1.42. The second kappa shape index (κ2) is 7.62. The molecule has 21 heavy (non-hydrogen) atoms. The van der Waals surface area contributed by atoms with E-state index in [4.69, 9.17) is 23.2 Å². The molecule has 0 aliphatic rings. The molecule has 4 heteroatoms. The van der Waals surface area contributed by atoms with Crippen molar-refractivity contribution in [3.05, 3.63) is 69.9 Å². The predicted octanol–water partition coefficient (Wildman–Crippen LogP) is 5.84. The van der Waals surface area contributed by atoms with E-state index < -0.39 is 0 Å². The van der Waals surface area contributed by atoms with Gasteiger partial charge in [-0.1, -0.05) is 46.3 Å². The Morgan fingerprint density at radius 1 is 0.905 bits per heavy atom. The lowest BCUT2D eigenvalue weighted by molar-refractivity contribution is 0.373. The van der Waals surface area contributed by atoms with Crippen LogP contribution in [0.5, 0.6) is 0 Å². The van der Waals surface area contributed by atoms with Gasteiger partial charge in [-0.2, -0.15) is 0 Å². The van der Waals surface area contributed by atoms with E-state index in [1.54, 1.807) is 6.07 Å². The Bertz CT molecular complexity index is 562. The quantitative estimate of drug-likeness (QED) is 0.544. The Balaban J connectivity index is 2.25. The molecule has 0 bridgehead atoms.